The van der Waals surface area contributed by atoms with Crippen molar-refractivity contribution in [2.24, 2.45) is 0 Å². The maximum Gasteiger partial charge on any atom is 0.319 e. The Hall–Kier alpha value is -1.51. The van der Waals surface area contributed by atoms with Crippen LogP contribution in [0.25, 0.3) is 0 Å². The summed E-state index contributed by atoms with van der Waals surface area (Å²) in [6.45, 7) is 10.1. The van der Waals surface area contributed by atoms with E-state index in [2.05, 4.69) is 36.6 Å². The molecule has 2 N–H and O–H groups in total. The minimum atomic E-state index is -0.225. The number of hydrogen-bond acceptors (Lipinski definition) is 1. The van der Waals surface area contributed by atoms with Crippen LogP contribution in [-0.4, -0.2) is 11.6 Å². The number of amides is 2. The van der Waals surface area contributed by atoms with Crippen molar-refractivity contribution in [3.8, 4) is 0 Å². The molecule has 0 atom stereocenters. The molecule has 0 unspecified atom stereocenters. The van der Waals surface area contributed by atoms with Gasteiger partial charge in [-0.05, 0) is 44.7 Å². The Kier molecular flexibility index (Phi) is 4.76. The quantitative estimate of drug-likeness (QED) is 0.840. The SMILES string of the molecule is CCc1cccc(CC)c1NC(=O)NC(C)(C)C. The van der Waals surface area contributed by atoms with Crippen molar-refractivity contribution in [2.75, 3.05) is 5.32 Å². The number of hydrogen-bond donors (Lipinski definition) is 2. The molecule has 100 valence electrons. The Morgan fingerprint density at radius 1 is 1.11 bits per heavy atom. The second-order valence-corrected chi connectivity index (χ2v) is 5.49. The van der Waals surface area contributed by atoms with Crippen LogP contribution in [0, 0.1) is 0 Å². The van der Waals surface area contributed by atoms with Gasteiger partial charge in [0.05, 0.1) is 0 Å². The van der Waals surface area contributed by atoms with Crippen LogP contribution in [0.2, 0.25) is 0 Å². The van der Waals surface area contributed by atoms with E-state index in [4.69, 9.17) is 0 Å². The fraction of sp³-hybridized carbons (Fsp3) is 0.533. The zero-order chi connectivity index (χ0) is 13.8. The van der Waals surface area contributed by atoms with E-state index in [0.29, 0.717) is 0 Å². The molecule has 0 spiro atoms. The second kappa shape index (κ2) is 5.89. The van der Waals surface area contributed by atoms with Crippen LogP contribution in [-0.2, 0) is 12.8 Å². The van der Waals surface area contributed by atoms with Gasteiger partial charge in [-0.1, -0.05) is 32.0 Å². The molecule has 0 fully saturated rings. The van der Waals surface area contributed by atoms with Gasteiger partial charge >= 0.3 is 6.03 Å². The van der Waals surface area contributed by atoms with Crippen LogP contribution in [0.15, 0.2) is 18.2 Å². The third-order valence-corrected chi connectivity index (χ3v) is 2.73. The fourth-order valence-electron chi connectivity index (χ4n) is 1.89. The molecule has 1 rings (SSSR count). The van der Waals surface area contributed by atoms with E-state index < -0.39 is 0 Å². The van der Waals surface area contributed by atoms with Gasteiger partial charge in [-0.3, -0.25) is 0 Å². The molecule has 0 saturated heterocycles. The molecular formula is C15H24N2O. The molecule has 0 radical (unpaired) electrons. The van der Waals surface area contributed by atoms with Crippen LogP contribution >= 0.6 is 0 Å². The maximum atomic E-state index is 11.9. The van der Waals surface area contributed by atoms with E-state index in [1.165, 1.54) is 11.1 Å². The molecule has 0 aliphatic heterocycles. The van der Waals surface area contributed by atoms with Gasteiger partial charge in [0.2, 0.25) is 0 Å². The number of carbonyl (C=O) groups is 1. The number of aryl methyl sites for hydroxylation is 2. The molecule has 0 aliphatic rings. The van der Waals surface area contributed by atoms with E-state index in [0.717, 1.165) is 18.5 Å². The summed E-state index contributed by atoms with van der Waals surface area (Å²) in [5.41, 5.74) is 3.10. The van der Waals surface area contributed by atoms with Gasteiger partial charge in [0.15, 0.2) is 0 Å². The molecule has 1 aromatic carbocycles. The van der Waals surface area contributed by atoms with Crippen LogP contribution in [0.4, 0.5) is 10.5 Å². The molecule has 0 aromatic heterocycles. The molecule has 1 aromatic rings. The summed E-state index contributed by atoms with van der Waals surface area (Å²) in [4.78, 5) is 11.9. The first-order chi connectivity index (χ1) is 8.37. The van der Waals surface area contributed by atoms with Crippen molar-refractivity contribution in [2.45, 2.75) is 53.0 Å². The first-order valence-corrected chi connectivity index (χ1v) is 6.57. The van der Waals surface area contributed by atoms with Crippen molar-refractivity contribution in [1.29, 1.82) is 0 Å². The maximum absolute atomic E-state index is 11.9. The number of nitrogens with one attached hydrogen (secondary N) is 2. The molecule has 0 heterocycles. The summed E-state index contributed by atoms with van der Waals surface area (Å²) in [6, 6.07) is 6.03. The minimum Gasteiger partial charge on any atom is -0.333 e. The average Bonchev–Trinajstić information content (AvgIpc) is 2.26. The summed E-state index contributed by atoms with van der Waals surface area (Å²) in [5.74, 6) is 0. The molecule has 0 aliphatic carbocycles. The number of urea groups is 1. The largest absolute Gasteiger partial charge is 0.333 e. The van der Waals surface area contributed by atoms with E-state index in [9.17, 15) is 4.79 Å². The van der Waals surface area contributed by atoms with Crippen molar-refractivity contribution < 1.29 is 4.79 Å². The van der Waals surface area contributed by atoms with Gasteiger partial charge in [0.25, 0.3) is 0 Å². The number of benzene rings is 1. The average molecular weight is 248 g/mol. The fourth-order valence-corrected chi connectivity index (χ4v) is 1.89. The lowest BCUT2D eigenvalue weighted by Gasteiger charge is -2.22. The third kappa shape index (κ3) is 4.06. The minimum absolute atomic E-state index is 0.141. The highest BCUT2D eigenvalue weighted by molar-refractivity contribution is 5.91. The van der Waals surface area contributed by atoms with Crippen LogP contribution in [0.1, 0.15) is 45.7 Å². The van der Waals surface area contributed by atoms with Crippen molar-refractivity contribution in [3.63, 3.8) is 0 Å². The second-order valence-electron chi connectivity index (χ2n) is 5.49. The molecule has 18 heavy (non-hydrogen) atoms. The zero-order valence-corrected chi connectivity index (χ0v) is 12.1. The predicted molar refractivity (Wildman–Crippen MR) is 77.1 cm³/mol. The van der Waals surface area contributed by atoms with Crippen molar-refractivity contribution >= 4 is 11.7 Å². The predicted octanol–water partition coefficient (Wildman–Crippen LogP) is 3.73. The summed E-state index contributed by atoms with van der Waals surface area (Å²) >= 11 is 0. The molecule has 2 amide bonds. The highest BCUT2D eigenvalue weighted by atomic mass is 16.2. The van der Waals surface area contributed by atoms with E-state index in [1.54, 1.807) is 0 Å². The highest BCUT2D eigenvalue weighted by Crippen LogP contribution is 2.22. The number of rotatable bonds is 3. The molecule has 0 bridgehead atoms. The van der Waals surface area contributed by atoms with E-state index in [-0.39, 0.29) is 11.6 Å². The normalized spacial score (nSPS) is 11.2. The van der Waals surface area contributed by atoms with Crippen LogP contribution < -0.4 is 10.6 Å². The number of anilines is 1. The van der Waals surface area contributed by atoms with Gasteiger partial charge in [-0.15, -0.1) is 0 Å². The van der Waals surface area contributed by atoms with Gasteiger partial charge < -0.3 is 10.6 Å². The van der Waals surface area contributed by atoms with Gasteiger partial charge in [0, 0.05) is 11.2 Å². The molecule has 0 saturated carbocycles. The summed E-state index contributed by atoms with van der Waals surface area (Å²) < 4.78 is 0. The molecule has 3 heteroatoms. The highest BCUT2D eigenvalue weighted by Gasteiger charge is 2.15. The topological polar surface area (TPSA) is 41.1 Å². The third-order valence-electron chi connectivity index (χ3n) is 2.73. The standard InChI is InChI=1S/C15H24N2O/c1-6-11-9-8-10-12(7-2)13(11)16-14(18)17-15(3,4)5/h8-10H,6-7H2,1-5H3,(H2,16,17,18). The van der Waals surface area contributed by atoms with Gasteiger partial charge in [-0.2, -0.15) is 0 Å². The van der Waals surface area contributed by atoms with Crippen molar-refractivity contribution in [1.82, 2.24) is 5.32 Å². The van der Waals surface area contributed by atoms with Gasteiger partial charge in [-0.25, -0.2) is 4.79 Å². The lowest BCUT2D eigenvalue weighted by Crippen LogP contribution is -2.43. The lowest BCUT2D eigenvalue weighted by molar-refractivity contribution is 0.244. The monoisotopic (exact) mass is 248 g/mol. The zero-order valence-electron chi connectivity index (χ0n) is 12.1. The Bertz CT molecular complexity index is 397. The molecular weight excluding hydrogens is 224 g/mol. The lowest BCUT2D eigenvalue weighted by atomic mass is 10.0. The van der Waals surface area contributed by atoms with Crippen LogP contribution in [0.3, 0.4) is 0 Å². The Balaban J connectivity index is 2.92. The Morgan fingerprint density at radius 2 is 1.61 bits per heavy atom. The van der Waals surface area contributed by atoms with E-state index in [1.807, 2.05) is 26.8 Å². The summed E-state index contributed by atoms with van der Waals surface area (Å²) in [5, 5.41) is 5.91. The molecule has 3 nitrogen and oxygen atoms in total. The first-order valence-electron chi connectivity index (χ1n) is 6.57. The smallest absolute Gasteiger partial charge is 0.319 e. The van der Waals surface area contributed by atoms with E-state index >= 15 is 0 Å². The van der Waals surface area contributed by atoms with Crippen molar-refractivity contribution in [3.05, 3.63) is 29.3 Å². The summed E-state index contributed by atoms with van der Waals surface area (Å²) in [7, 11) is 0. The summed E-state index contributed by atoms with van der Waals surface area (Å²) in [6.07, 6.45) is 1.83. The van der Waals surface area contributed by atoms with Crippen LogP contribution in [0.5, 0.6) is 0 Å². The first kappa shape index (κ1) is 14.6. The Morgan fingerprint density at radius 3 is 2.00 bits per heavy atom. The Labute approximate surface area is 110 Å². The van der Waals surface area contributed by atoms with Gasteiger partial charge in [0.1, 0.15) is 0 Å². The number of carbonyl (C=O) groups excluding carboxylic acids is 1. The number of para-hydroxylation sites is 1.